The SMILES string of the molecule is O=C(O)[C@@H]1[C@H](C(=O)Nc2ccccc2Br)[C@@H]2CC[C@@H]1O2. The number of carbonyl (C=O) groups excluding carboxylic acids is 1. The molecular weight excluding hydrogens is 326 g/mol. The van der Waals surface area contributed by atoms with Crippen molar-refractivity contribution in [2.24, 2.45) is 11.8 Å². The van der Waals surface area contributed by atoms with Crippen molar-refractivity contribution in [3.8, 4) is 0 Å². The van der Waals surface area contributed by atoms with Gasteiger partial charge >= 0.3 is 5.97 Å². The third kappa shape index (κ3) is 2.23. The lowest BCUT2D eigenvalue weighted by Crippen LogP contribution is -2.41. The highest BCUT2D eigenvalue weighted by Gasteiger charge is 2.55. The molecule has 2 aliphatic heterocycles. The summed E-state index contributed by atoms with van der Waals surface area (Å²) in [6, 6.07) is 7.25. The molecule has 0 spiro atoms. The molecule has 1 aromatic rings. The average Bonchev–Trinajstić information content (AvgIpc) is 3.01. The summed E-state index contributed by atoms with van der Waals surface area (Å²) in [5, 5.41) is 12.1. The summed E-state index contributed by atoms with van der Waals surface area (Å²) in [5.74, 6) is -2.59. The fourth-order valence-corrected chi connectivity index (χ4v) is 3.49. The van der Waals surface area contributed by atoms with E-state index in [-0.39, 0.29) is 18.1 Å². The van der Waals surface area contributed by atoms with E-state index in [2.05, 4.69) is 21.2 Å². The molecule has 0 radical (unpaired) electrons. The highest BCUT2D eigenvalue weighted by molar-refractivity contribution is 9.10. The van der Waals surface area contributed by atoms with Crippen molar-refractivity contribution in [3.05, 3.63) is 28.7 Å². The van der Waals surface area contributed by atoms with Gasteiger partial charge in [-0.1, -0.05) is 12.1 Å². The number of fused-ring (bicyclic) bond motifs is 2. The first kappa shape index (κ1) is 13.6. The molecule has 2 saturated heterocycles. The summed E-state index contributed by atoms with van der Waals surface area (Å²) in [4.78, 5) is 23.8. The van der Waals surface area contributed by atoms with Crippen LogP contribution in [0, 0.1) is 11.8 Å². The van der Waals surface area contributed by atoms with Gasteiger partial charge in [0.25, 0.3) is 0 Å². The van der Waals surface area contributed by atoms with Crippen LogP contribution in [0.2, 0.25) is 0 Å². The molecule has 4 atom stereocenters. The summed E-state index contributed by atoms with van der Waals surface area (Å²) in [7, 11) is 0. The molecule has 2 aliphatic rings. The summed E-state index contributed by atoms with van der Waals surface area (Å²) in [6.45, 7) is 0. The predicted molar refractivity (Wildman–Crippen MR) is 75.3 cm³/mol. The van der Waals surface area contributed by atoms with Gasteiger partial charge in [0.05, 0.1) is 29.7 Å². The highest BCUT2D eigenvalue weighted by atomic mass is 79.9. The lowest BCUT2D eigenvalue weighted by molar-refractivity contribution is -0.147. The van der Waals surface area contributed by atoms with E-state index in [1.165, 1.54) is 0 Å². The van der Waals surface area contributed by atoms with Gasteiger partial charge in [-0.3, -0.25) is 9.59 Å². The van der Waals surface area contributed by atoms with Crippen molar-refractivity contribution in [2.45, 2.75) is 25.0 Å². The minimum absolute atomic E-state index is 0.274. The van der Waals surface area contributed by atoms with Crippen LogP contribution in [0.3, 0.4) is 0 Å². The van der Waals surface area contributed by atoms with Gasteiger partial charge in [0.1, 0.15) is 0 Å². The van der Waals surface area contributed by atoms with Gasteiger partial charge in [-0.05, 0) is 40.9 Å². The minimum Gasteiger partial charge on any atom is -0.481 e. The number of benzene rings is 1. The van der Waals surface area contributed by atoms with Gasteiger partial charge in [-0.2, -0.15) is 0 Å². The Bertz CT molecular complexity index is 562. The molecule has 2 heterocycles. The summed E-state index contributed by atoms with van der Waals surface area (Å²) in [5.41, 5.74) is 0.643. The Kier molecular flexibility index (Phi) is 3.52. The number of carboxylic acid groups (broad SMARTS) is 1. The number of hydrogen-bond acceptors (Lipinski definition) is 3. The van der Waals surface area contributed by atoms with E-state index >= 15 is 0 Å². The Labute approximate surface area is 124 Å². The number of rotatable bonds is 3. The van der Waals surface area contributed by atoms with Gasteiger partial charge in [-0.25, -0.2) is 0 Å². The van der Waals surface area contributed by atoms with E-state index in [1.807, 2.05) is 18.2 Å². The van der Waals surface area contributed by atoms with Crippen LogP contribution in [0.15, 0.2) is 28.7 Å². The van der Waals surface area contributed by atoms with Crippen molar-refractivity contribution < 1.29 is 19.4 Å². The number of carboxylic acids is 1. The molecule has 0 aliphatic carbocycles. The zero-order valence-electron chi connectivity index (χ0n) is 10.6. The van der Waals surface area contributed by atoms with E-state index in [0.717, 1.165) is 17.3 Å². The molecule has 5 nitrogen and oxygen atoms in total. The van der Waals surface area contributed by atoms with E-state index in [4.69, 9.17) is 4.74 Å². The van der Waals surface area contributed by atoms with Crippen LogP contribution in [0.4, 0.5) is 5.69 Å². The van der Waals surface area contributed by atoms with Crippen molar-refractivity contribution in [1.82, 2.24) is 0 Å². The van der Waals surface area contributed by atoms with Gasteiger partial charge in [-0.15, -0.1) is 0 Å². The van der Waals surface area contributed by atoms with Crippen LogP contribution in [0.25, 0.3) is 0 Å². The van der Waals surface area contributed by atoms with Crippen molar-refractivity contribution >= 4 is 33.5 Å². The fraction of sp³-hybridized carbons (Fsp3) is 0.429. The van der Waals surface area contributed by atoms with Gasteiger partial charge in [0.2, 0.25) is 5.91 Å². The number of hydrogen-bond donors (Lipinski definition) is 2. The minimum atomic E-state index is -0.954. The second-order valence-corrected chi connectivity index (χ2v) is 6.00. The van der Waals surface area contributed by atoms with Crippen LogP contribution < -0.4 is 5.32 Å². The van der Waals surface area contributed by atoms with Crippen LogP contribution >= 0.6 is 15.9 Å². The normalized spacial score (nSPS) is 31.2. The number of nitrogens with one attached hydrogen (secondary N) is 1. The first-order valence-electron chi connectivity index (χ1n) is 6.51. The van der Waals surface area contributed by atoms with Crippen molar-refractivity contribution in [2.75, 3.05) is 5.32 Å². The van der Waals surface area contributed by atoms with Crippen LogP contribution in [-0.2, 0) is 14.3 Å². The molecular formula is C14H14BrNO4. The Morgan fingerprint density at radius 2 is 1.85 bits per heavy atom. The Morgan fingerprint density at radius 1 is 1.20 bits per heavy atom. The van der Waals surface area contributed by atoms with Crippen molar-refractivity contribution in [1.29, 1.82) is 0 Å². The fourth-order valence-electron chi connectivity index (χ4n) is 3.10. The number of ether oxygens (including phenoxy) is 1. The molecule has 3 rings (SSSR count). The Hall–Kier alpha value is -1.40. The molecule has 2 bridgehead atoms. The summed E-state index contributed by atoms with van der Waals surface area (Å²) >= 11 is 3.36. The third-order valence-corrected chi connectivity index (χ3v) is 4.68. The number of amides is 1. The Balaban J connectivity index is 1.80. The van der Waals surface area contributed by atoms with Crippen molar-refractivity contribution in [3.63, 3.8) is 0 Å². The zero-order valence-corrected chi connectivity index (χ0v) is 12.2. The molecule has 0 aromatic heterocycles. The number of anilines is 1. The predicted octanol–water partition coefficient (Wildman–Crippen LogP) is 2.27. The molecule has 0 saturated carbocycles. The highest BCUT2D eigenvalue weighted by Crippen LogP contribution is 2.44. The van der Waals surface area contributed by atoms with Gasteiger partial charge in [0.15, 0.2) is 0 Å². The molecule has 0 unspecified atom stereocenters. The first-order valence-corrected chi connectivity index (χ1v) is 7.31. The van der Waals surface area contributed by atoms with E-state index in [0.29, 0.717) is 5.69 Å². The summed E-state index contributed by atoms with van der Waals surface area (Å²) < 4.78 is 6.36. The topological polar surface area (TPSA) is 75.6 Å². The molecule has 1 amide bonds. The average molecular weight is 340 g/mol. The smallest absolute Gasteiger partial charge is 0.310 e. The van der Waals surface area contributed by atoms with Gasteiger partial charge in [0, 0.05) is 4.47 Å². The maximum atomic E-state index is 12.4. The second kappa shape index (κ2) is 5.18. The maximum absolute atomic E-state index is 12.4. The lowest BCUT2D eigenvalue weighted by Gasteiger charge is -2.24. The number of para-hydroxylation sites is 1. The van der Waals surface area contributed by atoms with E-state index < -0.39 is 17.8 Å². The van der Waals surface area contributed by atoms with Crippen LogP contribution in [0.1, 0.15) is 12.8 Å². The zero-order chi connectivity index (χ0) is 14.3. The molecule has 2 N–H and O–H groups in total. The van der Waals surface area contributed by atoms with Gasteiger partial charge < -0.3 is 15.2 Å². The third-order valence-electron chi connectivity index (χ3n) is 3.99. The Morgan fingerprint density at radius 3 is 2.50 bits per heavy atom. The standard InChI is InChI=1S/C14H14BrNO4/c15-7-3-1-2-4-8(7)16-13(17)11-9-5-6-10(20-9)12(11)14(18)19/h1-4,9-12H,5-6H2,(H,16,17)(H,18,19)/t9-,10-,11+,12-/m0/s1. The largest absolute Gasteiger partial charge is 0.481 e. The second-order valence-electron chi connectivity index (χ2n) is 5.15. The molecule has 1 aromatic carbocycles. The lowest BCUT2D eigenvalue weighted by atomic mass is 9.78. The molecule has 6 heteroatoms. The van der Waals surface area contributed by atoms with E-state index in [1.54, 1.807) is 6.07 Å². The van der Waals surface area contributed by atoms with Crippen LogP contribution in [-0.4, -0.2) is 29.2 Å². The molecule has 106 valence electrons. The number of aliphatic carboxylic acids is 1. The number of halogens is 1. The maximum Gasteiger partial charge on any atom is 0.310 e. The molecule has 2 fully saturated rings. The summed E-state index contributed by atoms with van der Waals surface area (Å²) in [6.07, 6.45) is 0.874. The monoisotopic (exact) mass is 339 g/mol. The first-order chi connectivity index (χ1) is 9.58. The van der Waals surface area contributed by atoms with Crippen LogP contribution in [0.5, 0.6) is 0 Å². The van der Waals surface area contributed by atoms with E-state index in [9.17, 15) is 14.7 Å². The quantitative estimate of drug-likeness (QED) is 0.885. The number of carbonyl (C=O) groups is 2. The molecule has 20 heavy (non-hydrogen) atoms.